The Bertz CT molecular complexity index is 465. The van der Waals surface area contributed by atoms with Gasteiger partial charge in [-0.2, -0.15) is 17.9 Å². The summed E-state index contributed by atoms with van der Waals surface area (Å²) in [6, 6.07) is 1.73. The number of carbonyl (C=O) groups excluding carboxylic acids is 2. The Hall–Kier alpha value is -1.00. The maximum absolute atomic E-state index is 10.9. The molecule has 0 aromatic carbocycles. The summed E-state index contributed by atoms with van der Waals surface area (Å²) >= 11 is 7.24. The van der Waals surface area contributed by atoms with Gasteiger partial charge in [-0.15, -0.1) is 12.6 Å². The van der Waals surface area contributed by atoms with E-state index in [4.69, 9.17) is 10.4 Å². The highest BCUT2D eigenvalue weighted by Crippen LogP contribution is 2.27. The molecule has 2 atom stereocenters. The molecular weight excluding hydrogens is 382 g/mol. The zero-order chi connectivity index (χ0) is 21.1. The van der Waals surface area contributed by atoms with Crippen LogP contribution in [0.3, 0.4) is 0 Å². The van der Waals surface area contributed by atoms with Crippen LogP contribution in [0, 0.1) is 16.7 Å². The number of rotatable bonds is 15. The molecule has 0 amide bonds. The third kappa shape index (κ3) is 16.9. The number of carboxylic acid groups (broad SMARTS) is 1. The van der Waals surface area contributed by atoms with Gasteiger partial charge in [-0.3, -0.25) is 9.59 Å². The number of aldehydes is 1. The number of aliphatic carboxylic acids is 1. The molecule has 7 heteroatoms. The number of thiol groups is 2. The lowest BCUT2D eigenvalue weighted by Crippen LogP contribution is -2.29. The first-order valence-electron chi connectivity index (χ1n) is 9.74. The molecule has 0 spiro atoms. The molecule has 0 fully saturated rings. The minimum absolute atomic E-state index is 0.149. The molecule has 2 unspecified atom stereocenters. The van der Waals surface area contributed by atoms with E-state index in [2.05, 4.69) is 32.2 Å². The van der Waals surface area contributed by atoms with Crippen LogP contribution in [0.1, 0.15) is 90.9 Å². The molecular formula is C20H35NO4S2. The number of hydrogen-bond acceptors (Lipinski definition) is 5. The van der Waals surface area contributed by atoms with Crippen molar-refractivity contribution in [3.8, 4) is 6.07 Å². The fourth-order valence-electron chi connectivity index (χ4n) is 2.37. The molecule has 0 bridgehead atoms. The Morgan fingerprint density at radius 2 is 1.52 bits per heavy atom. The SMILES string of the molecule is CC(C#N)(CC(S)C(=O)O)C(=O)S.CCCCCCCCCCCCC=O. The van der Waals surface area contributed by atoms with E-state index in [0.717, 1.165) is 19.1 Å². The first-order valence-corrected chi connectivity index (χ1v) is 10.7. The summed E-state index contributed by atoms with van der Waals surface area (Å²) in [6.07, 6.45) is 15.1. The standard InChI is InChI=1S/C13H26O.C7H9NO3S2/c1-2-3-4-5-6-7-8-9-10-11-12-13-14;1-7(3-8,6(11)13)2-4(12)5(9)10/h13H,2-12H2,1H3;4,12H,2H2,1H3,(H,9,10)(H,11,13). The minimum atomic E-state index is -1.38. The lowest BCUT2D eigenvalue weighted by atomic mass is 9.88. The van der Waals surface area contributed by atoms with E-state index in [9.17, 15) is 14.4 Å². The third-order valence-corrected chi connectivity index (χ3v) is 5.18. The molecule has 1 N–H and O–H groups in total. The van der Waals surface area contributed by atoms with Crippen LogP contribution in [0.4, 0.5) is 0 Å². The van der Waals surface area contributed by atoms with E-state index in [-0.39, 0.29) is 6.42 Å². The van der Waals surface area contributed by atoms with Crippen LogP contribution in [-0.4, -0.2) is 27.7 Å². The molecule has 156 valence electrons. The van der Waals surface area contributed by atoms with E-state index in [1.807, 2.05) is 0 Å². The van der Waals surface area contributed by atoms with Gasteiger partial charge in [-0.25, -0.2) is 0 Å². The molecule has 0 saturated heterocycles. The molecule has 0 radical (unpaired) electrons. The predicted octanol–water partition coefficient (Wildman–Crippen LogP) is 5.24. The zero-order valence-electron chi connectivity index (χ0n) is 16.7. The summed E-state index contributed by atoms with van der Waals surface area (Å²) in [4.78, 5) is 31.3. The van der Waals surface area contributed by atoms with Crippen LogP contribution in [0.5, 0.6) is 0 Å². The average Bonchev–Trinajstić information content (AvgIpc) is 2.63. The normalized spacial score (nSPS) is 13.4. The number of carbonyl (C=O) groups is 3. The first-order chi connectivity index (χ1) is 12.7. The fourth-order valence-corrected chi connectivity index (χ4v) is 2.88. The summed E-state index contributed by atoms with van der Waals surface area (Å²) in [5, 5.41) is 15.5. The molecule has 5 nitrogen and oxygen atoms in total. The summed E-state index contributed by atoms with van der Waals surface area (Å²) < 4.78 is 0. The van der Waals surface area contributed by atoms with Crippen LogP contribution < -0.4 is 0 Å². The van der Waals surface area contributed by atoms with Crippen LogP contribution in [0.25, 0.3) is 0 Å². The van der Waals surface area contributed by atoms with Crippen molar-refractivity contribution >= 4 is 42.6 Å². The Morgan fingerprint density at radius 3 is 1.85 bits per heavy atom. The molecule has 27 heavy (non-hydrogen) atoms. The van der Waals surface area contributed by atoms with Crippen molar-refractivity contribution in [2.24, 2.45) is 5.41 Å². The fraction of sp³-hybridized carbons (Fsp3) is 0.800. The minimum Gasteiger partial charge on any atom is -0.480 e. The highest BCUT2D eigenvalue weighted by atomic mass is 32.1. The number of hydrogen-bond donors (Lipinski definition) is 3. The molecule has 0 heterocycles. The van der Waals surface area contributed by atoms with Gasteiger partial charge in [-0.05, 0) is 19.8 Å². The van der Waals surface area contributed by atoms with Crippen molar-refractivity contribution in [2.75, 3.05) is 0 Å². The number of unbranched alkanes of at least 4 members (excludes halogenated alkanes) is 10. The molecule has 0 aliphatic heterocycles. The van der Waals surface area contributed by atoms with E-state index in [1.54, 1.807) is 6.07 Å². The monoisotopic (exact) mass is 417 g/mol. The topological polar surface area (TPSA) is 95.2 Å². The Kier molecular flexibility index (Phi) is 19.2. The number of nitriles is 1. The van der Waals surface area contributed by atoms with Gasteiger partial charge in [0.25, 0.3) is 0 Å². The summed E-state index contributed by atoms with van der Waals surface area (Å²) in [5.74, 6) is -1.15. The van der Waals surface area contributed by atoms with Gasteiger partial charge in [0.15, 0.2) is 0 Å². The van der Waals surface area contributed by atoms with Crippen molar-refractivity contribution in [1.82, 2.24) is 0 Å². The van der Waals surface area contributed by atoms with Crippen molar-refractivity contribution in [2.45, 2.75) is 96.1 Å². The average molecular weight is 418 g/mol. The van der Waals surface area contributed by atoms with Crippen molar-refractivity contribution in [3.63, 3.8) is 0 Å². The largest absolute Gasteiger partial charge is 0.480 e. The first kappa shape index (κ1) is 28.2. The van der Waals surface area contributed by atoms with Crippen molar-refractivity contribution in [1.29, 1.82) is 5.26 Å². The smallest absolute Gasteiger partial charge is 0.316 e. The van der Waals surface area contributed by atoms with Gasteiger partial charge in [-0.1, -0.05) is 64.7 Å². The van der Waals surface area contributed by atoms with Gasteiger partial charge in [0.05, 0.1) is 6.07 Å². The zero-order valence-corrected chi connectivity index (χ0v) is 18.4. The molecule has 0 aliphatic carbocycles. The molecule has 0 aromatic rings. The molecule has 0 aromatic heterocycles. The van der Waals surface area contributed by atoms with Gasteiger partial charge in [0.2, 0.25) is 5.12 Å². The quantitative estimate of drug-likeness (QED) is 0.192. The van der Waals surface area contributed by atoms with Gasteiger partial charge >= 0.3 is 5.97 Å². The predicted molar refractivity (Wildman–Crippen MR) is 115 cm³/mol. The van der Waals surface area contributed by atoms with E-state index >= 15 is 0 Å². The van der Waals surface area contributed by atoms with E-state index in [0.29, 0.717) is 0 Å². The third-order valence-electron chi connectivity index (χ3n) is 4.28. The highest BCUT2D eigenvalue weighted by Gasteiger charge is 2.35. The molecule has 0 rings (SSSR count). The van der Waals surface area contributed by atoms with Crippen LogP contribution in [0.2, 0.25) is 0 Å². The summed E-state index contributed by atoms with van der Waals surface area (Å²) in [6.45, 7) is 3.60. The van der Waals surface area contributed by atoms with Gasteiger partial charge < -0.3 is 9.90 Å². The Balaban J connectivity index is 0. The number of carboxylic acids is 1. The summed E-state index contributed by atoms with van der Waals surface area (Å²) in [5.41, 5.74) is -1.38. The second kappa shape index (κ2) is 18.4. The maximum atomic E-state index is 10.9. The Labute approximate surface area is 175 Å². The van der Waals surface area contributed by atoms with E-state index in [1.165, 1.54) is 64.7 Å². The van der Waals surface area contributed by atoms with Gasteiger partial charge in [0.1, 0.15) is 17.0 Å². The lowest BCUT2D eigenvalue weighted by molar-refractivity contribution is -0.136. The number of nitrogens with zero attached hydrogens (tertiary/aromatic N) is 1. The highest BCUT2D eigenvalue weighted by molar-refractivity contribution is 7.96. The molecule has 0 saturated carbocycles. The van der Waals surface area contributed by atoms with Crippen molar-refractivity contribution < 1.29 is 19.5 Å². The van der Waals surface area contributed by atoms with Crippen LogP contribution >= 0.6 is 25.3 Å². The second-order valence-electron chi connectivity index (χ2n) is 6.94. The van der Waals surface area contributed by atoms with Crippen LogP contribution in [0.15, 0.2) is 0 Å². The lowest BCUT2D eigenvalue weighted by Gasteiger charge is -2.18. The van der Waals surface area contributed by atoms with Crippen LogP contribution in [-0.2, 0) is 14.4 Å². The van der Waals surface area contributed by atoms with E-state index < -0.39 is 21.7 Å². The maximum Gasteiger partial charge on any atom is 0.316 e. The summed E-state index contributed by atoms with van der Waals surface area (Å²) in [7, 11) is 0. The Morgan fingerprint density at radius 1 is 1.07 bits per heavy atom. The second-order valence-corrected chi connectivity index (χ2v) is 7.97. The molecule has 0 aliphatic rings. The van der Waals surface area contributed by atoms with Gasteiger partial charge in [0, 0.05) is 6.42 Å². The van der Waals surface area contributed by atoms with Crippen molar-refractivity contribution in [3.05, 3.63) is 0 Å².